The highest BCUT2D eigenvalue weighted by Gasteiger charge is 2.04. The van der Waals surface area contributed by atoms with Gasteiger partial charge in [-0.25, -0.2) is 4.98 Å². The van der Waals surface area contributed by atoms with Gasteiger partial charge in [-0.15, -0.1) is 0 Å². The summed E-state index contributed by atoms with van der Waals surface area (Å²) in [4.78, 5) is 8.48. The number of methoxy groups -OCH3 is 1. The van der Waals surface area contributed by atoms with Gasteiger partial charge in [0.2, 0.25) is 5.88 Å². The zero-order valence-corrected chi connectivity index (χ0v) is 10.5. The monoisotopic (exact) mass is 255 g/mol. The zero-order chi connectivity index (χ0) is 13.1. The Balaban J connectivity index is 1.70. The Labute approximate surface area is 110 Å². The molecule has 3 aromatic rings. The molecule has 96 valence electrons. The fourth-order valence-electron chi connectivity index (χ4n) is 1.76. The number of aromatic nitrogens is 2. The minimum Gasteiger partial charge on any atom is -0.481 e. The van der Waals surface area contributed by atoms with Crippen LogP contribution in [0.25, 0.3) is 11.1 Å². The molecule has 2 heterocycles. The lowest BCUT2D eigenvalue weighted by molar-refractivity contribution is 0.397. The summed E-state index contributed by atoms with van der Waals surface area (Å²) in [7, 11) is 1.60. The number of fused-ring (bicyclic) bond motifs is 1. The average molecular weight is 255 g/mol. The maximum absolute atomic E-state index is 5.57. The van der Waals surface area contributed by atoms with Gasteiger partial charge in [0.25, 0.3) is 6.01 Å². The third-order valence-electron chi connectivity index (χ3n) is 2.74. The van der Waals surface area contributed by atoms with Crippen LogP contribution >= 0.6 is 0 Å². The molecule has 0 fully saturated rings. The molecule has 19 heavy (non-hydrogen) atoms. The summed E-state index contributed by atoms with van der Waals surface area (Å²) >= 11 is 0. The molecule has 0 aliphatic heterocycles. The van der Waals surface area contributed by atoms with E-state index in [1.54, 1.807) is 13.3 Å². The maximum atomic E-state index is 5.57. The summed E-state index contributed by atoms with van der Waals surface area (Å²) in [5, 5.41) is 3.13. The van der Waals surface area contributed by atoms with Crippen molar-refractivity contribution in [1.29, 1.82) is 0 Å². The van der Waals surface area contributed by atoms with Gasteiger partial charge < -0.3 is 14.5 Å². The molecule has 0 unspecified atom stereocenters. The van der Waals surface area contributed by atoms with Crippen molar-refractivity contribution in [1.82, 2.24) is 9.97 Å². The van der Waals surface area contributed by atoms with E-state index in [-0.39, 0.29) is 0 Å². The predicted octanol–water partition coefficient (Wildman–Crippen LogP) is 2.84. The number of hydrogen-bond donors (Lipinski definition) is 1. The number of anilines is 1. The molecule has 5 nitrogen and oxygen atoms in total. The Kier molecular flexibility index (Phi) is 3.02. The van der Waals surface area contributed by atoms with Crippen molar-refractivity contribution in [2.24, 2.45) is 0 Å². The van der Waals surface area contributed by atoms with Crippen LogP contribution in [0.4, 0.5) is 6.01 Å². The molecule has 0 saturated carbocycles. The average Bonchev–Trinajstić information content (AvgIpc) is 2.88. The second-order valence-corrected chi connectivity index (χ2v) is 4.05. The van der Waals surface area contributed by atoms with Gasteiger partial charge in [0.15, 0.2) is 5.58 Å². The van der Waals surface area contributed by atoms with Crippen molar-refractivity contribution in [3.8, 4) is 5.88 Å². The summed E-state index contributed by atoms with van der Waals surface area (Å²) in [6.07, 6.45) is 1.76. The largest absolute Gasteiger partial charge is 0.481 e. The van der Waals surface area contributed by atoms with E-state index in [1.807, 2.05) is 36.4 Å². The molecule has 2 aromatic heterocycles. The van der Waals surface area contributed by atoms with Gasteiger partial charge in [-0.2, -0.15) is 4.98 Å². The Morgan fingerprint density at radius 3 is 2.84 bits per heavy atom. The van der Waals surface area contributed by atoms with Crippen LogP contribution < -0.4 is 10.1 Å². The molecule has 0 spiro atoms. The first-order valence-electron chi connectivity index (χ1n) is 5.93. The Morgan fingerprint density at radius 2 is 2.11 bits per heavy atom. The Bertz CT molecular complexity index is 643. The SMILES string of the molecule is COc1ccc(CNc2nc3ccccc3o2)cn1. The second-order valence-electron chi connectivity index (χ2n) is 4.05. The summed E-state index contributed by atoms with van der Waals surface area (Å²) in [6, 6.07) is 11.9. The van der Waals surface area contributed by atoms with Crippen LogP contribution in [0, 0.1) is 0 Å². The fourth-order valence-corrected chi connectivity index (χ4v) is 1.76. The van der Waals surface area contributed by atoms with Crippen molar-refractivity contribution in [2.45, 2.75) is 6.54 Å². The van der Waals surface area contributed by atoms with Crippen LogP contribution in [-0.2, 0) is 6.54 Å². The predicted molar refractivity (Wildman–Crippen MR) is 72.1 cm³/mol. The second kappa shape index (κ2) is 4.97. The number of para-hydroxylation sites is 2. The number of oxazole rings is 1. The number of hydrogen-bond acceptors (Lipinski definition) is 5. The Morgan fingerprint density at radius 1 is 1.21 bits per heavy atom. The van der Waals surface area contributed by atoms with Gasteiger partial charge in [-0.05, 0) is 17.7 Å². The molecule has 1 aromatic carbocycles. The van der Waals surface area contributed by atoms with Crippen LogP contribution in [-0.4, -0.2) is 17.1 Å². The number of benzene rings is 1. The van der Waals surface area contributed by atoms with Crippen LogP contribution in [0.15, 0.2) is 47.0 Å². The van der Waals surface area contributed by atoms with Gasteiger partial charge in [0, 0.05) is 18.8 Å². The van der Waals surface area contributed by atoms with Crippen molar-refractivity contribution >= 4 is 17.1 Å². The molecular weight excluding hydrogens is 242 g/mol. The van der Waals surface area contributed by atoms with Crippen molar-refractivity contribution in [3.05, 3.63) is 48.2 Å². The summed E-state index contributed by atoms with van der Waals surface area (Å²) in [5.41, 5.74) is 2.65. The van der Waals surface area contributed by atoms with Crippen LogP contribution in [0.3, 0.4) is 0 Å². The van der Waals surface area contributed by atoms with E-state index >= 15 is 0 Å². The van der Waals surface area contributed by atoms with Crippen molar-refractivity contribution < 1.29 is 9.15 Å². The highest BCUT2D eigenvalue weighted by molar-refractivity contribution is 5.74. The molecule has 3 rings (SSSR count). The first-order valence-corrected chi connectivity index (χ1v) is 5.93. The van der Waals surface area contributed by atoms with Gasteiger partial charge in [0.05, 0.1) is 7.11 Å². The minimum absolute atomic E-state index is 0.511. The maximum Gasteiger partial charge on any atom is 0.295 e. The normalized spacial score (nSPS) is 10.6. The van der Waals surface area contributed by atoms with Gasteiger partial charge in [0.1, 0.15) is 5.52 Å². The van der Waals surface area contributed by atoms with Gasteiger partial charge in [-0.3, -0.25) is 0 Å². The zero-order valence-electron chi connectivity index (χ0n) is 10.5. The van der Waals surface area contributed by atoms with E-state index in [2.05, 4.69) is 15.3 Å². The molecule has 0 bridgehead atoms. The lowest BCUT2D eigenvalue weighted by atomic mass is 10.3. The summed E-state index contributed by atoms with van der Waals surface area (Å²) < 4.78 is 10.6. The van der Waals surface area contributed by atoms with E-state index in [9.17, 15) is 0 Å². The molecule has 0 aliphatic carbocycles. The van der Waals surface area contributed by atoms with Crippen LogP contribution in [0.1, 0.15) is 5.56 Å². The quantitative estimate of drug-likeness (QED) is 0.776. The number of nitrogens with zero attached hydrogens (tertiary/aromatic N) is 2. The fraction of sp³-hybridized carbons (Fsp3) is 0.143. The smallest absolute Gasteiger partial charge is 0.295 e. The number of rotatable bonds is 4. The topological polar surface area (TPSA) is 60.2 Å². The third-order valence-corrected chi connectivity index (χ3v) is 2.74. The lowest BCUT2D eigenvalue weighted by Gasteiger charge is -2.02. The lowest BCUT2D eigenvalue weighted by Crippen LogP contribution is -2.00. The van der Waals surface area contributed by atoms with E-state index in [0.717, 1.165) is 16.7 Å². The third kappa shape index (κ3) is 2.49. The molecular formula is C14H13N3O2. The molecule has 0 saturated heterocycles. The Hall–Kier alpha value is -2.56. The van der Waals surface area contributed by atoms with Crippen molar-refractivity contribution in [3.63, 3.8) is 0 Å². The van der Waals surface area contributed by atoms with Crippen molar-refractivity contribution in [2.75, 3.05) is 12.4 Å². The number of pyridine rings is 1. The number of nitrogens with one attached hydrogen (secondary N) is 1. The van der Waals surface area contributed by atoms with E-state index in [1.165, 1.54) is 0 Å². The van der Waals surface area contributed by atoms with Crippen LogP contribution in [0.2, 0.25) is 0 Å². The highest BCUT2D eigenvalue weighted by atomic mass is 16.5. The van der Waals surface area contributed by atoms with E-state index in [0.29, 0.717) is 18.4 Å². The summed E-state index contributed by atoms with van der Waals surface area (Å²) in [5.74, 6) is 0.602. The molecule has 0 aliphatic rings. The standard InChI is InChI=1S/C14H13N3O2/c1-18-13-7-6-10(8-15-13)9-16-14-17-11-4-2-3-5-12(11)19-14/h2-8H,9H2,1H3,(H,16,17). The minimum atomic E-state index is 0.511. The molecule has 5 heteroatoms. The first kappa shape index (κ1) is 11.5. The number of ether oxygens (including phenoxy) is 1. The van der Waals surface area contributed by atoms with E-state index < -0.39 is 0 Å². The first-order chi connectivity index (χ1) is 9.35. The molecule has 0 radical (unpaired) electrons. The molecule has 1 N–H and O–H groups in total. The summed E-state index contributed by atoms with van der Waals surface area (Å²) in [6.45, 7) is 0.601. The van der Waals surface area contributed by atoms with Gasteiger partial charge >= 0.3 is 0 Å². The van der Waals surface area contributed by atoms with E-state index in [4.69, 9.17) is 9.15 Å². The highest BCUT2D eigenvalue weighted by Crippen LogP contribution is 2.18. The molecule has 0 amide bonds. The van der Waals surface area contributed by atoms with Crippen LogP contribution in [0.5, 0.6) is 5.88 Å². The molecule has 0 atom stereocenters. The van der Waals surface area contributed by atoms with Gasteiger partial charge in [-0.1, -0.05) is 18.2 Å².